The molecule has 0 aliphatic heterocycles. The molecule has 8 aromatic rings. The van der Waals surface area contributed by atoms with E-state index in [1.807, 2.05) is 12.4 Å². The van der Waals surface area contributed by atoms with Gasteiger partial charge in [0.05, 0.1) is 5.69 Å². The number of hydrogen-bond acceptors (Lipinski definition) is 3. The van der Waals surface area contributed by atoms with Crippen molar-refractivity contribution in [3.8, 4) is 55.9 Å². The van der Waals surface area contributed by atoms with Gasteiger partial charge in [-0.05, 0) is 92.5 Å². The Balaban J connectivity index is 0.00000544. The molecule has 300 valence electrons. The van der Waals surface area contributed by atoms with Crippen molar-refractivity contribution >= 4 is 17.1 Å². The first-order chi connectivity index (χ1) is 28.3. The van der Waals surface area contributed by atoms with E-state index in [1.54, 1.807) is 0 Å². The maximum atomic E-state index is 5.04. The number of benzene rings is 6. The Kier molecular flexibility index (Phi) is 12.2. The van der Waals surface area contributed by atoms with E-state index >= 15 is 0 Å². The number of aryl methyl sites for hydroxylation is 2. The molecule has 0 amide bonds. The standard InChI is InChI=1S/C56H51N3.Pt/c1-38-36-57-52(34-50(38)41-22-14-10-15-23-41)43-28-45(55(3,4)5)32-47(30-43)59(54-27-19-18-26-49(54)40-20-12-9-13-21-40)48-31-44(29-46(33-48)56(6,7)8)53-35-51(39(2)37-58-53)42-24-16-11-17-25-42;/h9-29,32-37H,1-8H3;/q-2;+2. The second kappa shape index (κ2) is 17.4. The maximum absolute atomic E-state index is 5.04. The molecule has 60 heavy (non-hydrogen) atoms. The van der Waals surface area contributed by atoms with E-state index in [-0.39, 0.29) is 31.9 Å². The van der Waals surface area contributed by atoms with E-state index in [0.29, 0.717) is 0 Å². The van der Waals surface area contributed by atoms with Crippen LogP contribution in [0.3, 0.4) is 0 Å². The summed E-state index contributed by atoms with van der Waals surface area (Å²) in [5.41, 5.74) is 17.7. The van der Waals surface area contributed by atoms with Gasteiger partial charge < -0.3 is 14.9 Å². The summed E-state index contributed by atoms with van der Waals surface area (Å²) in [6.07, 6.45) is 3.98. The average molecular weight is 961 g/mol. The monoisotopic (exact) mass is 960 g/mol. The fourth-order valence-corrected chi connectivity index (χ4v) is 7.61. The number of anilines is 3. The van der Waals surface area contributed by atoms with Crippen LogP contribution in [0.1, 0.15) is 63.8 Å². The number of hydrogen-bond donors (Lipinski definition) is 0. The van der Waals surface area contributed by atoms with E-state index in [0.717, 1.165) is 73.0 Å². The molecular weight excluding hydrogens is 910 g/mol. The van der Waals surface area contributed by atoms with Crippen molar-refractivity contribution in [2.75, 3.05) is 4.90 Å². The zero-order chi connectivity index (χ0) is 41.3. The molecule has 0 radical (unpaired) electrons. The third kappa shape index (κ3) is 8.98. The maximum Gasteiger partial charge on any atom is 2.00 e. The van der Waals surface area contributed by atoms with Gasteiger partial charge in [0, 0.05) is 18.0 Å². The van der Waals surface area contributed by atoms with Crippen molar-refractivity contribution < 1.29 is 21.1 Å². The van der Waals surface area contributed by atoms with Crippen LogP contribution in [0.4, 0.5) is 17.1 Å². The van der Waals surface area contributed by atoms with Crippen LogP contribution >= 0.6 is 0 Å². The average Bonchev–Trinajstić information content (AvgIpc) is 3.24. The van der Waals surface area contributed by atoms with Crippen molar-refractivity contribution in [2.45, 2.75) is 66.2 Å². The first kappa shape index (κ1) is 42.2. The summed E-state index contributed by atoms with van der Waals surface area (Å²) in [5, 5.41) is 0. The topological polar surface area (TPSA) is 29.0 Å². The Labute approximate surface area is 371 Å². The molecule has 0 unspecified atom stereocenters. The van der Waals surface area contributed by atoms with E-state index < -0.39 is 0 Å². The number of aromatic nitrogens is 2. The van der Waals surface area contributed by atoms with E-state index in [2.05, 4.69) is 224 Å². The largest absolute Gasteiger partial charge is 2.00 e. The summed E-state index contributed by atoms with van der Waals surface area (Å²) >= 11 is 0. The SMILES string of the molecule is Cc1cnc(-c2[c-]c(N(c3[c-]c(-c4cc(-c5ccccc5)c(C)cn4)cc(C(C)(C)C)c3)c3ccccc3-c3ccccc3)cc(C(C)(C)C)c2)cc1-c1ccccc1.[Pt+2]. The fourth-order valence-electron chi connectivity index (χ4n) is 7.61. The summed E-state index contributed by atoms with van der Waals surface area (Å²) in [6.45, 7) is 17.9. The molecule has 0 saturated carbocycles. The van der Waals surface area contributed by atoms with Crippen LogP contribution in [0.2, 0.25) is 0 Å². The van der Waals surface area contributed by atoms with Crippen LogP contribution in [0, 0.1) is 26.0 Å². The molecule has 0 spiro atoms. The smallest absolute Gasteiger partial charge is 0.346 e. The Morgan fingerprint density at radius 3 is 1.20 bits per heavy atom. The first-order valence-corrected chi connectivity index (χ1v) is 20.5. The van der Waals surface area contributed by atoms with Crippen molar-refractivity contribution in [3.05, 3.63) is 198 Å². The van der Waals surface area contributed by atoms with Crippen LogP contribution in [-0.4, -0.2) is 9.97 Å². The van der Waals surface area contributed by atoms with Crippen LogP contribution in [0.5, 0.6) is 0 Å². The summed E-state index contributed by atoms with van der Waals surface area (Å²) in [6, 6.07) is 61.9. The van der Waals surface area contributed by atoms with Gasteiger partial charge in [0.15, 0.2) is 0 Å². The van der Waals surface area contributed by atoms with Gasteiger partial charge >= 0.3 is 21.1 Å². The number of pyridine rings is 2. The number of para-hydroxylation sites is 1. The minimum absolute atomic E-state index is 0. The minimum atomic E-state index is -0.169. The molecular formula is C56H51N3Pt. The van der Waals surface area contributed by atoms with Crippen LogP contribution in [0.15, 0.2) is 164 Å². The van der Waals surface area contributed by atoms with Gasteiger partial charge in [0.25, 0.3) is 0 Å². The molecule has 8 rings (SSSR count). The minimum Gasteiger partial charge on any atom is -0.346 e. The van der Waals surface area contributed by atoms with Crippen molar-refractivity contribution in [2.24, 2.45) is 0 Å². The molecule has 0 N–H and O–H groups in total. The van der Waals surface area contributed by atoms with E-state index in [1.165, 1.54) is 22.3 Å². The van der Waals surface area contributed by atoms with Gasteiger partial charge in [-0.1, -0.05) is 163 Å². The number of nitrogens with zero attached hydrogens (tertiary/aromatic N) is 3. The number of rotatable bonds is 8. The molecule has 0 bridgehead atoms. The van der Waals surface area contributed by atoms with Gasteiger partial charge in [-0.15, -0.1) is 58.7 Å². The fraction of sp³-hybridized carbons (Fsp3) is 0.179. The molecule has 0 aliphatic carbocycles. The van der Waals surface area contributed by atoms with E-state index in [9.17, 15) is 0 Å². The van der Waals surface area contributed by atoms with E-state index in [4.69, 9.17) is 9.97 Å². The van der Waals surface area contributed by atoms with Crippen LogP contribution in [-0.2, 0) is 31.9 Å². The summed E-state index contributed by atoms with van der Waals surface area (Å²) in [7, 11) is 0. The molecule has 6 aromatic carbocycles. The summed E-state index contributed by atoms with van der Waals surface area (Å²) in [4.78, 5) is 12.4. The molecule has 4 heteroatoms. The Morgan fingerprint density at radius 1 is 0.433 bits per heavy atom. The predicted octanol–water partition coefficient (Wildman–Crippen LogP) is 15.1. The predicted molar refractivity (Wildman–Crippen MR) is 248 cm³/mol. The Hall–Kier alpha value is -5.89. The first-order valence-electron chi connectivity index (χ1n) is 20.5. The van der Waals surface area contributed by atoms with Gasteiger partial charge in [-0.25, -0.2) is 0 Å². The van der Waals surface area contributed by atoms with Gasteiger partial charge in [-0.3, -0.25) is 0 Å². The molecule has 0 atom stereocenters. The zero-order valence-corrected chi connectivity index (χ0v) is 38.0. The van der Waals surface area contributed by atoms with Gasteiger partial charge in [-0.2, -0.15) is 0 Å². The zero-order valence-electron chi connectivity index (χ0n) is 35.7. The van der Waals surface area contributed by atoms with Crippen LogP contribution < -0.4 is 4.90 Å². The summed E-state index contributed by atoms with van der Waals surface area (Å²) < 4.78 is 0. The summed E-state index contributed by atoms with van der Waals surface area (Å²) in [5.74, 6) is 0. The molecule has 2 aromatic heterocycles. The second-order valence-corrected chi connectivity index (χ2v) is 17.6. The molecule has 0 aliphatic rings. The third-order valence-electron chi connectivity index (χ3n) is 11.1. The molecule has 0 fully saturated rings. The van der Waals surface area contributed by atoms with Gasteiger partial charge in [0.2, 0.25) is 0 Å². The quantitative estimate of drug-likeness (QED) is 0.142. The third-order valence-corrected chi connectivity index (χ3v) is 11.1. The Morgan fingerprint density at radius 2 is 0.800 bits per heavy atom. The Bertz CT molecular complexity index is 2590. The second-order valence-electron chi connectivity index (χ2n) is 17.6. The molecule has 3 nitrogen and oxygen atoms in total. The molecule has 0 saturated heterocycles. The van der Waals surface area contributed by atoms with Crippen molar-refractivity contribution in [1.82, 2.24) is 9.97 Å². The van der Waals surface area contributed by atoms with Crippen LogP contribution in [0.25, 0.3) is 55.9 Å². The normalized spacial score (nSPS) is 11.5. The molecule has 2 heterocycles. The van der Waals surface area contributed by atoms with Gasteiger partial charge in [0.1, 0.15) is 0 Å². The van der Waals surface area contributed by atoms with Crippen molar-refractivity contribution in [3.63, 3.8) is 0 Å². The van der Waals surface area contributed by atoms with Crippen molar-refractivity contribution in [1.29, 1.82) is 0 Å².